The molecule has 4 rings (SSSR count). The van der Waals surface area contributed by atoms with E-state index in [-0.39, 0.29) is 23.7 Å². The molecular formula is C22H34N4O2. The van der Waals surface area contributed by atoms with Crippen LogP contribution >= 0.6 is 0 Å². The Morgan fingerprint density at radius 2 is 1.46 bits per heavy atom. The van der Waals surface area contributed by atoms with Gasteiger partial charge in [-0.05, 0) is 38.5 Å². The molecule has 0 bridgehead atoms. The number of hydrogen-bond acceptors (Lipinski definition) is 4. The lowest BCUT2D eigenvalue weighted by Gasteiger charge is -2.42. The number of carbonyl (C=O) groups is 2. The highest BCUT2D eigenvalue weighted by molar-refractivity contribution is 5.88. The van der Waals surface area contributed by atoms with Crippen LogP contribution in [0.25, 0.3) is 0 Å². The average Bonchev–Trinajstić information content (AvgIpc) is 3.54. The van der Waals surface area contributed by atoms with Crippen LogP contribution in [0.1, 0.15) is 70.6 Å². The smallest absolute Gasteiger partial charge is 0.226 e. The lowest BCUT2D eigenvalue weighted by atomic mass is 9.77. The number of carbonyl (C=O) groups excluding carboxylic acids is 2. The van der Waals surface area contributed by atoms with Crippen LogP contribution in [-0.4, -0.2) is 59.4 Å². The molecule has 154 valence electrons. The van der Waals surface area contributed by atoms with Crippen LogP contribution in [0.15, 0.2) is 0 Å². The monoisotopic (exact) mass is 386 g/mol. The van der Waals surface area contributed by atoms with E-state index < -0.39 is 5.54 Å². The molecule has 0 aromatic rings. The molecule has 3 saturated carbocycles. The fourth-order valence-corrected chi connectivity index (χ4v) is 5.45. The second kappa shape index (κ2) is 8.41. The second-order valence-electron chi connectivity index (χ2n) is 9.33. The minimum atomic E-state index is -0.645. The van der Waals surface area contributed by atoms with E-state index in [1.807, 2.05) is 4.90 Å². The summed E-state index contributed by atoms with van der Waals surface area (Å²) in [7, 11) is 0. The van der Waals surface area contributed by atoms with E-state index in [1.54, 1.807) is 0 Å². The SMILES string of the molecule is N#CC1(NC(=O)C2CCCC[C@H]2C(=O)N2CCN(C3CCCCC3)CC2)CC1. The first-order valence-electron chi connectivity index (χ1n) is 11.4. The summed E-state index contributed by atoms with van der Waals surface area (Å²) in [4.78, 5) is 30.7. The molecule has 1 heterocycles. The lowest BCUT2D eigenvalue weighted by Crippen LogP contribution is -2.55. The first-order valence-corrected chi connectivity index (χ1v) is 11.4. The molecule has 1 unspecified atom stereocenters. The van der Waals surface area contributed by atoms with Crippen LogP contribution in [0.2, 0.25) is 0 Å². The molecular weight excluding hydrogens is 352 g/mol. The Labute approximate surface area is 168 Å². The van der Waals surface area contributed by atoms with Gasteiger partial charge in [0.05, 0.1) is 6.07 Å². The van der Waals surface area contributed by atoms with Gasteiger partial charge in [0.1, 0.15) is 5.54 Å². The first kappa shape index (κ1) is 19.7. The molecule has 0 radical (unpaired) electrons. The van der Waals surface area contributed by atoms with Gasteiger partial charge in [-0.25, -0.2) is 0 Å². The van der Waals surface area contributed by atoms with E-state index >= 15 is 0 Å². The summed E-state index contributed by atoms with van der Waals surface area (Å²) in [5.74, 6) is -0.365. The van der Waals surface area contributed by atoms with Crippen LogP contribution in [0.3, 0.4) is 0 Å². The van der Waals surface area contributed by atoms with Gasteiger partial charge in [0.25, 0.3) is 0 Å². The minimum absolute atomic E-state index is 0.0714. The highest BCUT2D eigenvalue weighted by Crippen LogP contribution is 2.37. The van der Waals surface area contributed by atoms with Crippen LogP contribution < -0.4 is 5.32 Å². The Morgan fingerprint density at radius 1 is 0.857 bits per heavy atom. The molecule has 1 saturated heterocycles. The van der Waals surface area contributed by atoms with Gasteiger partial charge in [0.2, 0.25) is 11.8 Å². The zero-order valence-electron chi connectivity index (χ0n) is 17.0. The quantitative estimate of drug-likeness (QED) is 0.805. The number of nitrogens with zero attached hydrogens (tertiary/aromatic N) is 3. The van der Waals surface area contributed by atoms with Gasteiger partial charge in [-0.2, -0.15) is 5.26 Å². The summed E-state index contributed by atoms with van der Waals surface area (Å²) >= 11 is 0. The maximum absolute atomic E-state index is 13.3. The highest BCUT2D eigenvalue weighted by Gasteiger charge is 2.47. The van der Waals surface area contributed by atoms with Crippen molar-refractivity contribution < 1.29 is 9.59 Å². The molecule has 6 nitrogen and oxygen atoms in total. The fraction of sp³-hybridized carbons (Fsp3) is 0.864. The van der Waals surface area contributed by atoms with Gasteiger partial charge in [-0.15, -0.1) is 0 Å². The maximum atomic E-state index is 13.3. The molecule has 0 aromatic heterocycles. The third kappa shape index (κ3) is 4.20. The standard InChI is InChI=1S/C22H34N4O2/c23-16-22(10-11-22)24-20(27)18-8-4-5-9-19(18)21(28)26-14-12-25(13-15-26)17-6-2-1-3-7-17/h17-19H,1-15H2,(H,24,27)/t18?,19-/m1/s1. The van der Waals surface area contributed by atoms with E-state index in [9.17, 15) is 14.9 Å². The van der Waals surface area contributed by atoms with Gasteiger partial charge in [0.15, 0.2) is 0 Å². The Kier molecular flexibility index (Phi) is 5.91. The summed E-state index contributed by atoms with van der Waals surface area (Å²) in [6.07, 6.45) is 11.7. The van der Waals surface area contributed by atoms with Gasteiger partial charge in [-0.3, -0.25) is 14.5 Å². The zero-order valence-corrected chi connectivity index (χ0v) is 17.0. The van der Waals surface area contributed by atoms with Crippen LogP contribution in [0, 0.1) is 23.2 Å². The number of nitrogens with one attached hydrogen (secondary N) is 1. The Bertz CT molecular complexity index is 625. The molecule has 0 aromatic carbocycles. The van der Waals surface area contributed by atoms with Crippen molar-refractivity contribution in [1.29, 1.82) is 5.26 Å². The van der Waals surface area contributed by atoms with Crippen molar-refractivity contribution in [3.63, 3.8) is 0 Å². The largest absolute Gasteiger partial charge is 0.340 e. The molecule has 3 aliphatic carbocycles. The topological polar surface area (TPSA) is 76.4 Å². The van der Waals surface area contributed by atoms with E-state index in [0.717, 1.165) is 64.7 Å². The average molecular weight is 387 g/mol. The summed E-state index contributed by atoms with van der Waals surface area (Å²) in [5, 5.41) is 12.2. The zero-order chi connectivity index (χ0) is 19.6. The molecule has 0 spiro atoms. The molecule has 4 fully saturated rings. The number of hydrogen-bond donors (Lipinski definition) is 1. The maximum Gasteiger partial charge on any atom is 0.226 e. The van der Waals surface area contributed by atoms with Crippen molar-refractivity contribution in [2.75, 3.05) is 26.2 Å². The Hall–Kier alpha value is -1.61. The van der Waals surface area contributed by atoms with Gasteiger partial charge < -0.3 is 10.2 Å². The molecule has 2 amide bonds. The third-order valence-corrected chi connectivity index (χ3v) is 7.46. The van der Waals surface area contributed by atoms with Crippen molar-refractivity contribution in [3.8, 4) is 6.07 Å². The van der Waals surface area contributed by atoms with Gasteiger partial charge >= 0.3 is 0 Å². The molecule has 4 aliphatic rings. The molecule has 1 N–H and O–H groups in total. The van der Waals surface area contributed by atoms with Crippen LogP contribution in [0.4, 0.5) is 0 Å². The van der Waals surface area contributed by atoms with Crippen molar-refractivity contribution in [1.82, 2.24) is 15.1 Å². The van der Waals surface area contributed by atoms with Crippen molar-refractivity contribution in [2.45, 2.75) is 82.2 Å². The predicted molar refractivity (Wildman–Crippen MR) is 106 cm³/mol. The van der Waals surface area contributed by atoms with Crippen molar-refractivity contribution in [3.05, 3.63) is 0 Å². The first-order chi connectivity index (χ1) is 13.6. The molecule has 1 aliphatic heterocycles. The van der Waals surface area contributed by atoms with Crippen LogP contribution in [0.5, 0.6) is 0 Å². The lowest BCUT2D eigenvalue weighted by molar-refractivity contribution is -0.145. The molecule has 2 atom stereocenters. The van der Waals surface area contributed by atoms with E-state index in [1.165, 1.54) is 32.1 Å². The van der Waals surface area contributed by atoms with Crippen molar-refractivity contribution >= 4 is 11.8 Å². The summed E-state index contributed by atoms with van der Waals surface area (Å²) in [6.45, 7) is 3.53. The summed E-state index contributed by atoms with van der Waals surface area (Å²) < 4.78 is 0. The minimum Gasteiger partial charge on any atom is -0.340 e. The Morgan fingerprint density at radius 3 is 2.07 bits per heavy atom. The summed E-state index contributed by atoms with van der Waals surface area (Å²) in [5.41, 5.74) is -0.645. The number of piperazine rings is 1. The normalized spacial score (nSPS) is 31.0. The summed E-state index contributed by atoms with van der Waals surface area (Å²) in [6, 6.07) is 2.94. The Balaban J connectivity index is 1.33. The second-order valence-corrected chi connectivity index (χ2v) is 9.33. The van der Waals surface area contributed by atoms with E-state index in [4.69, 9.17) is 0 Å². The number of nitriles is 1. The van der Waals surface area contributed by atoms with E-state index in [2.05, 4.69) is 16.3 Å². The number of amides is 2. The van der Waals surface area contributed by atoms with Gasteiger partial charge in [0, 0.05) is 44.1 Å². The van der Waals surface area contributed by atoms with Crippen molar-refractivity contribution in [2.24, 2.45) is 11.8 Å². The predicted octanol–water partition coefficient (Wildman–Crippen LogP) is 2.44. The third-order valence-electron chi connectivity index (χ3n) is 7.46. The van der Waals surface area contributed by atoms with Gasteiger partial charge in [-0.1, -0.05) is 32.1 Å². The van der Waals surface area contributed by atoms with Crippen LogP contribution in [-0.2, 0) is 9.59 Å². The molecule has 6 heteroatoms. The molecule has 28 heavy (non-hydrogen) atoms. The fourth-order valence-electron chi connectivity index (χ4n) is 5.45. The number of rotatable bonds is 4. The highest BCUT2D eigenvalue weighted by atomic mass is 16.2. The van der Waals surface area contributed by atoms with E-state index in [0.29, 0.717) is 6.04 Å².